The number of rotatable bonds is 6. The smallest absolute Gasteiger partial charge is 0.315 e. The molecule has 0 unspecified atom stereocenters. The average Bonchev–Trinajstić information content (AvgIpc) is 2.71. The molecule has 1 aliphatic heterocycles. The van der Waals surface area contributed by atoms with Crippen molar-refractivity contribution >= 4 is 6.03 Å². The highest BCUT2D eigenvalue weighted by molar-refractivity contribution is 5.74. The molecule has 0 radical (unpaired) electrons. The predicted octanol–water partition coefficient (Wildman–Crippen LogP) is 2.52. The highest BCUT2D eigenvalue weighted by atomic mass is 16.5. The second-order valence-electron chi connectivity index (χ2n) is 6.19. The molecule has 0 saturated carbocycles. The molecule has 0 saturated heterocycles. The molecular formula is C20H24N2O5. The second-order valence-corrected chi connectivity index (χ2v) is 6.19. The standard InChI is InChI=1S/C20H24N2O5/c1-24-16-6-7-18-14(9-16)8-15(12-27-18)22-20(23)21-11-13-4-5-17(25-2)10-19(13)26-3/h4-7,9-10,15H,8,11-12H2,1-3H3,(H2,21,22,23)/t15-/m0/s1. The summed E-state index contributed by atoms with van der Waals surface area (Å²) in [6.07, 6.45) is 0.686. The van der Waals surface area contributed by atoms with E-state index < -0.39 is 0 Å². The van der Waals surface area contributed by atoms with Gasteiger partial charge in [-0.2, -0.15) is 0 Å². The summed E-state index contributed by atoms with van der Waals surface area (Å²) in [6, 6.07) is 10.8. The van der Waals surface area contributed by atoms with Gasteiger partial charge in [0.15, 0.2) is 0 Å². The van der Waals surface area contributed by atoms with Gasteiger partial charge in [0, 0.05) is 18.2 Å². The molecule has 0 fully saturated rings. The molecule has 2 N–H and O–H groups in total. The van der Waals surface area contributed by atoms with E-state index in [1.165, 1.54) is 0 Å². The van der Waals surface area contributed by atoms with Gasteiger partial charge in [0.1, 0.15) is 29.6 Å². The lowest BCUT2D eigenvalue weighted by Crippen LogP contribution is -2.47. The fraction of sp³-hybridized carbons (Fsp3) is 0.350. The second kappa shape index (κ2) is 8.53. The maximum absolute atomic E-state index is 12.3. The number of carbonyl (C=O) groups excluding carboxylic acids is 1. The third kappa shape index (κ3) is 4.55. The van der Waals surface area contributed by atoms with Crippen molar-refractivity contribution in [2.24, 2.45) is 0 Å². The van der Waals surface area contributed by atoms with Crippen molar-refractivity contribution in [2.75, 3.05) is 27.9 Å². The van der Waals surface area contributed by atoms with Crippen LogP contribution in [-0.2, 0) is 13.0 Å². The molecule has 1 heterocycles. The quantitative estimate of drug-likeness (QED) is 0.815. The maximum Gasteiger partial charge on any atom is 0.315 e. The van der Waals surface area contributed by atoms with E-state index >= 15 is 0 Å². The third-order valence-corrected chi connectivity index (χ3v) is 4.44. The molecule has 0 bridgehead atoms. The monoisotopic (exact) mass is 372 g/mol. The molecule has 2 aromatic rings. The Labute approximate surface area is 158 Å². The fourth-order valence-corrected chi connectivity index (χ4v) is 3.00. The zero-order chi connectivity index (χ0) is 19.2. The van der Waals surface area contributed by atoms with E-state index in [0.717, 1.165) is 22.6 Å². The van der Waals surface area contributed by atoms with Crippen molar-refractivity contribution < 1.29 is 23.7 Å². The van der Waals surface area contributed by atoms with Crippen molar-refractivity contribution in [1.82, 2.24) is 10.6 Å². The van der Waals surface area contributed by atoms with Crippen molar-refractivity contribution in [3.63, 3.8) is 0 Å². The molecule has 1 atom stereocenters. The summed E-state index contributed by atoms with van der Waals surface area (Å²) < 4.78 is 21.5. The normalized spacial score (nSPS) is 15.1. The van der Waals surface area contributed by atoms with Gasteiger partial charge >= 0.3 is 6.03 Å². The summed E-state index contributed by atoms with van der Waals surface area (Å²) in [4.78, 5) is 12.3. The number of urea groups is 1. The van der Waals surface area contributed by atoms with Crippen LogP contribution in [0.4, 0.5) is 4.79 Å². The first-order valence-corrected chi connectivity index (χ1v) is 8.68. The number of ether oxygens (including phenoxy) is 4. The van der Waals surface area contributed by atoms with Gasteiger partial charge in [-0.3, -0.25) is 0 Å². The minimum Gasteiger partial charge on any atom is -0.497 e. The van der Waals surface area contributed by atoms with E-state index in [-0.39, 0.29) is 12.1 Å². The first kappa shape index (κ1) is 18.7. The number of amides is 2. The number of carbonyl (C=O) groups is 1. The van der Waals surface area contributed by atoms with Crippen LogP contribution in [0.1, 0.15) is 11.1 Å². The molecule has 0 aromatic heterocycles. The molecule has 2 amide bonds. The summed E-state index contributed by atoms with van der Waals surface area (Å²) in [7, 11) is 4.81. The van der Waals surface area contributed by atoms with E-state index in [4.69, 9.17) is 18.9 Å². The Morgan fingerprint density at radius 1 is 1.07 bits per heavy atom. The first-order valence-electron chi connectivity index (χ1n) is 8.68. The van der Waals surface area contributed by atoms with Gasteiger partial charge in [0.2, 0.25) is 0 Å². The van der Waals surface area contributed by atoms with Crippen LogP contribution in [0.25, 0.3) is 0 Å². The zero-order valence-corrected chi connectivity index (χ0v) is 15.7. The summed E-state index contributed by atoms with van der Waals surface area (Å²) in [5.74, 6) is 2.97. The summed E-state index contributed by atoms with van der Waals surface area (Å²) in [6.45, 7) is 0.773. The first-order chi connectivity index (χ1) is 13.1. The van der Waals surface area contributed by atoms with Gasteiger partial charge in [-0.25, -0.2) is 4.79 Å². The molecule has 3 rings (SSSR count). The number of hydrogen-bond acceptors (Lipinski definition) is 5. The fourth-order valence-electron chi connectivity index (χ4n) is 3.00. The van der Waals surface area contributed by atoms with Crippen LogP contribution >= 0.6 is 0 Å². The van der Waals surface area contributed by atoms with E-state index in [2.05, 4.69) is 10.6 Å². The minimum atomic E-state index is -0.257. The van der Waals surface area contributed by atoms with Crippen LogP contribution in [0.5, 0.6) is 23.0 Å². The molecule has 144 valence electrons. The van der Waals surface area contributed by atoms with Crippen molar-refractivity contribution in [3.05, 3.63) is 47.5 Å². The van der Waals surface area contributed by atoms with E-state index in [0.29, 0.717) is 31.1 Å². The number of hydrogen-bond donors (Lipinski definition) is 2. The lowest BCUT2D eigenvalue weighted by molar-refractivity contribution is 0.214. The van der Waals surface area contributed by atoms with Crippen molar-refractivity contribution in [3.8, 4) is 23.0 Å². The summed E-state index contributed by atoms with van der Waals surface area (Å²) in [5, 5.41) is 5.80. The topological polar surface area (TPSA) is 78.1 Å². The van der Waals surface area contributed by atoms with Crippen LogP contribution in [0.2, 0.25) is 0 Å². The lowest BCUT2D eigenvalue weighted by Gasteiger charge is -2.26. The summed E-state index contributed by atoms with van der Waals surface area (Å²) >= 11 is 0. The number of methoxy groups -OCH3 is 3. The largest absolute Gasteiger partial charge is 0.497 e. The molecule has 7 heteroatoms. The van der Waals surface area contributed by atoms with Gasteiger partial charge in [-0.1, -0.05) is 0 Å². The third-order valence-electron chi connectivity index (χ3n) is 4.44. The molecule has 7 nitrogen and oxygen atoms in total. The van der Waals surface area contributed by atoms with Gasteiger partial charge < -0.3 is 29.6 Å². The molecular weight excluding hydrogens is 348 g/mol. The zero-order valence-electron chi connectivity index (χ0n) is 15.7. The lowest BCUT2D eigenvalue weighted by atomic mass is 10.0. The van der Waals surface area contributed by atoms with E-state index in [9.17, 15) is 4.79 Å². The Morgan fingerprint density at radius 2 is 1.81 bits per heavy atom. The predicted molar refractivity (Wildman–Crippen MR) is 101 cm³/mol. The molecule has 0 aliphatic carbocycles. The Bertz CT molecular complexity index is 809. The Balaban J connectivity index is 1.55. The molecule has 0 spiro atoms. The molecule has 1 aliphatic rings. The van der Waals surface area contributed by atoms with Crippen LogP contribution < -0.4 is 29.6 Å². The van der Waals surface area contributed by atoms with Crippen molar-refractivity contribution in [1.29, 1.82) is 0 Å². The Hall–Kier alpha value is -3.09. The SMILES string of the molecule is COc1ccc2c(c1)C[C@H](NC(=O)NCc1ccc(OC)cc1OC)CO2. The minimum absolute atomic E-state index is 0.109. The van der Waals surface area contributed by atoms with Crippen LogP contribution in [-0.4, -0.2) is 40.0 Å². The molecule has 27 heavy (non-hydrogen) atoms. The number of benzene rings is 2. The number of fused-ring (bicyclic) bond motifs is 1. The Morgan fingerprint density at radius 3 is 2.56 bits per heavy atom. The van der Waals surface area contributed by atoms with E-state index in [1.807, 2.05) is 30.3 Å². The summed E-state index contributed by atoms with van der Waals surface area (Å²) in [5.41, 5.74) is 1.88. The van der Waals surface area contributed by atoms with Gasteiger partial charge in [-0.15, -0.1) is 0 Å². The Kier molecular flexibility index (Phi) is 5.90. The van der Waals surface area contributed by atoms with Crippen LogP contribution in [0.3, 0.4) is 0 Å². The van der Waals surface area contributed by atoms with Gasteiger partial charge in [0.05, 0.1) is 27.4 Å². The molecule has 2 aromatic carbocycles. The van der Waals surface area contributed by atoms with Crippen LogP contribution in [0.15, 0.2) is 36.4 Å². The average molecular weight is 372 g/mol. The maximum atomic E-state index is 12.3. The van der Waals surface area contributed by atoms with Crippen molar-refractivity contribution in [2.45, 2.75) is 19.0 Å². The van der Waals surface area contributed by atoms with Gasteiger partial charge in [0.25, 0.3) is 0 Å². The number of nitrogens with one attached hydrogen (secondary N) is 2. The van der Waals surface area contributed by atoms with Crippen LogP contribution in [0, 0.1) is 0 Å². The van der Waals surface area contributed by atoms with Gasteiger partial charge in [-0.05, 0) is 42.3 Å². The highest BCUT2D eigenvalue weighted by Crippen LogP contribution is 2.28. The highest BCUT2D eigenvalue weighted by Gasteiger charge is 2.22. The van der Waals surface area contributed by atoms with E-state index in [1.54, 1.807) is 27.4 Å².